The van der Waals surface area contributed by atoms with Gasteiger partial charge in [0.15, 0.2) is 0 Å². The number of anilines is 1. The molecule has 3 unspecified atom stereocenters. The Hall–Kier alpha value is -5.30. The maximum atomic E-state index is 7.62. The number of aryl methyl sites for hydroxylation is 2. The van der Waals surface area contributed by atoms with Crippen LogP contribution in [0.1, 0.15) is 63.7 Å². The molecular formula is C51H41NO2P2. The molecule has 11 rings (SSSR count). The van der Waals surface area contributed by atoms with Gasteiger partial charge in [0, 0.05) is 16.8 Å². The first-order valence-corrected chi connectivity index (χ1v) is 22.3. The van der Waals surface area contributed by atoms with Gasteiger partial charge < -0.3 is 4.52 Å². The summed E-state index contributed by atoms with van der Waals surface area (Å²) in [6, 6.07) is 58.3. The number of rotatable bonds is 5. The molecule has 0 fully saturated rings. The molecule has 0 bridgehead atoms. The van der Waals surface area contributed by atoms with E-state index in [4.69, 9.17) is 9.05 Å². The monoisotopic (exact) mass is 761 g/mol. The highest BCUT2D eigenvalue weighted by Gasteiger charge is 2.46. The molecule has 0 saturated carbocycles. The third-order valence-corrected chi connectivity index (χ3v) is 16.0. The quantitative estimate of drug-likeness (QED) is 0.163. The van der Waals surface area contributed by atoms with Crippen molar-refractivity contribution < 1.29 is 9.05 Å². The second-order valence-electron chi connectivity index (χ2n) is 15.1. The Morgan fingerprint density at radius 2 is 1.36 bits per heavy atom. The van der Waals surface area contributed by atoms with E-state index in [1.807, 2.05) is 0 Å². The molecule has 0 N–H and O–H groups in total. The summed E-state index contributed by atoms with van der Waals surface area (Å²) < 4.78 is 17.8. The Labute approximate surface area is 331 Å². The van der Waals surface area contributed by atoms with Crippen LogP contribution in [0.25, 0.3) is 22.9 Å². The number of nitrogens with zero attached hydrogens (tertiary/aromatic N) is 1. The molecule has 2 aliphatic heterocycles. The Morgan fingerprint density at radius 1 is 0.625 bits per heavy atom. The fourth-order valence-electron chi connectivity index (χ4n) is 9.47. The van der Waals surface area contributed by atoms with Gasteiger partial charge in [-0.3, -0.25) is 9.19 Å². The van der Waals surface area contributed by atoms with Crippen LogP contribution in [0.5, 0.6) is 5.75 Å². The number of hydrogen-bond acceptors (Lipinski definition) is 3. The number of benzene rings is 7. The smallest absolute Gasteiger partial charge is 0.354 e. The maximum Gasteiger partial charge on any atom is 0.354 e. The van der Waals surface area contributed by atoms with E-state index in [9.17, 15) is 0 Å². The third-order valence-electron chi connectivity index (χ3n) is 12.0. The van der Waals surface area contributed by atoms with Crippen LogP contribution in [-0.2, 0) is 17.4 Å². The van der Waals surface area contributed by atoms with Crippen molar-refractivity contribution in [3.63, 3.8) is 0 Å². The van der Waals surface area contributed by atoms with Crippen molar-refractivity contribution in [2.24, 2.45) is 0 Å². The number of fused-ring (bicyclic) bond motifs is 9. The summed E-state index contributed by atoms with van der Waals surface area (Å²) in [5.41, 5.74) is 10.4. The normalized spacial score (nSPS) is 20.6. The first kappa shape index (κ1) is 34.0. The van der Waals surface area contributed by atoms with Crippen molar-refractivity contribution in [1.82, 2.24) is 0 Å². The number of para-hydroxylation sites is 1. The van der Waals surface area contributed by atoms with Gasteiger partial charge in [0.05, 0.1) is 17.8 Å². The standard InChI is InChI=1S/C51H41NO2P2/c1-3-20-39(21-4-1)55(40-22-5-2-6-23-40)48-28-14-19-38-29-32-45(44-27-13-18-35-15-7-10-24-41(35)44)52(51(38)48)56-53-46-33-30-36-16-8-11-25-42(36)49(46)50-43-26-12-9-17-37(43)31-34-47(50)54-56/h1-8,10-16,18-28,30-31,33-34,45-46,49H,9,17,29,32H2/t45-,46?,49?,56?/m0/s1. The molecule has 7 aromatic rings. The highest BCUT2D eigenvalue weighted by molar-refractivity contribution is 7.80. The molecule has 5 heteroatoms. The predicted molar refractivity (Wildman–Crippen MR) is 236 cm³/mol. The van der Waals surface area contributed by atoms with E-state index in [-0.39, 0.29) is 18.1 Å². The van der Waals surface area contributed by atoms with Crippen LogP contribution in [0.15, 0.2) is 170 Å². The number of allylic oxidation sites excluding steroid dienone is 1. The maximum absolute atomic E-state index is 7.62. The average Bonchev–Trinajstić information content (AvgIpc) is 3.44. The molecule has 4 aliphatic rings. The lowest BCUT2D eigenvalue weighted by atomic mass is 9.76. The van der Waals surface area contributed by atoms with E-state index in [0.29, 0.717) is 0 Å². The molecule has 4 atom stereocenters. The lowest BCUT2D eigenvalue weighted by molar-refractivity contribution is 0.239. The first-order chi connectivity index (χ1) is 27.8. The van der Waals surface area contributed by atoms with Crippen LogP contribution in [0.2, 0.25) is 0 Å². The van der Waals surface area contributed by atoms with Crippen molar-refractivity contribution in [1.29, 1.82) is 0 Å². The second-order valence-corrected chi connectivity index (χ2v) is 18.6. The Bertz CT molecular complexity index is 2610. The van der Waals surface area contributed by atoms with Gasteiger partial charge in [0.1, 0.15) is 5.75 Å². The van der Waals surface area contributed by atoms with Crippen LogP contribution in [0.3, 0.4) is 0 Å². The summed E-state index contributed by atoms with van der Waals surface area (Å²) in [7, 11) is -2.58. The van der Waals surface area contributed by atoms with Gasteiger partial charge in [-0.25, -0.2) is 0 Å². The zero-order valence-corrected chi connectivity index (χ0v) is 32.8. The van der Waals surface area contributed by atoms with Gasteiger partial charge in [0.2, 0.25) is 0 Å². The van der Waals surface area contributed by atoms with Crippen molar-refractivity contribution in [2.75, 3.05) is 4.67 Å². The SMILES string of the molecule is C1=Cc2c(ccc3c2C2c4ccccc4C=CC2OP(N2c4c(cccc4P(c4ccccc4)c4ccccc4)CC[C@H]2c2cccc4ccccc24)O3)CC1. The van der Waals surface area contributed by atoms with E-state index in [1.165, 1.54) is 71.3 Å². The van der Waals surface area contributed by atoms with Crippen LogP contribution >= 0.6 is 16.4 Å². The first-order valence-electron chi connectivity index (χ1n) is 19.8. The van der Waals surface area contributed by atoms with Crippen LogP contribution in [0, 0.1) is 0 Å². The fourth-order valence-corrected chi connectivity index (χ4v) is 13.9. The van der Waals surface area contributed by atoms with Crippen molar-refractivity contribution in [3.8, 4) is 5.75 Å². The highest BCUT2D eigenvalue weighted by atomic mass is 31.2. The zero-order valence-electron chi connectivity index (χ0n) is 31.0. The minimum absolute atomic E-state index is 0.0117. The molecule has 0 aromatic heterocycles. The highest BCUT2D eigenvalue weighted by Crippen LogP contribution is 2.62. The molecule has 0 radical (unpaired) electrons. The van der Waals surface area contributed by atoms with Gasteiger partial charge in [-0.05, 0) is 94.4 Å². The summed E-state index contributed by atoms with van der Waals surface area (Å²) in [5.74, 6) is 0.950. The number of hydrogen-bond donors (Lipinski definition) is 0. The topological polar surface area (TPSA) is 21.7 Å². The average molecular weight is 762 g/mol. The van der Waals surface area contributed by atoms with Crippen molar-refractivity contribution >= 4 is 61.0 Å². The second kappa shape index (κ2) is 14.3. The molecule has 0 spiro atoms. The van der Waals surface area contributed by atoms with Gasteiger partial charge in [-0.2, -0.15) is 0 Å². The minimum Gasteiger partial charge on any atom is -0.431 e. The third kappa shape index (κ3) is 5.76. The van der Waals surface area contributed by atoms with Crippen LogP contribution < -0.4 is 25.1 Å². The van der Waals surface area contributed by atoms with Gasteiger partial charge in [0.25, 0.3) is 0 Å². The molecule has 272 valence electrons. The van der Waals surface area contributed by atoms with E-state index in [2.05, 4.69) is 187 Å². The van der Waals surface area contributed by atoms with Crippen molar-refractivity contribution in [3.05, 3.63) is 209 Å². The molecule has 2 aliphatic carbocycles. The summed E-state index contributed by atoms with van der Waals surface area (Å²) >= 11 is 0. The minimum atomic E-state index is -1.66. The Morgan fingerprint density at radius 3 is 2.21 bits per heavy atom. The molecule has 3 nitrogen and oxygen atoms in total. The molecular weight excluding hydrogens is 721 g/mol. The zero-order chi connectivity index (χ0) is 37.0. The van der Waals surface area contributed by atoms with E-state index in [0.717, 1.165) is 31.4 Å². The lowest BCUT2D eigenvalue weighted by Crippen LogP contribution is -2.37. The fraction of sp³-hybridized carbons (Fsp3) is 0.137. The molecule has 0 amide bonds. The molecule has 0 saturated heterocycles. The Balaban J connectivity index is 1.16. The summed E-state index contributed by atoms with van der Waals surface area (Å²) in [5, 5.41) is 6.55. The van der Waals surface area contributed by atoms with E-state index in [1.54, 1.807) is 0 Å². The van der Waals surface area contributed by atoms with Gasteiger partial charge >= 0.3 is 8.53 Å². The summed E-state index contributed by atoms with van der Waals surface area (Å²) in [6.45, 7) is 0. The predicted octanol–water partition coefficient (Wildman–Crippen LogP) is 11.9. The van der Waals surface area contributed by atoms with Crippen LogP contribution in [-0.4, -0.2) is 6.10 Å². The summed E-state index contributed by atoms with van der Waals surface area (Å²) in [6.07, 6.45) is 13.1. The Kier molecular flexibility index (Phi) is 8.70. The summed E-state index contributed by atoms with van der Waals surface area (Å²) in [4.78, 5) is 0. The largest absolute Gasteiger partial charge is 0.431 e. The van der Waals surface area contributed by atoms with Crippen LogP contribution in [0.4, 0.5) is 5.69 Å². The molecule has 56 heavy (non-hydrogen) atoms. The van der Waals surface area contributed by atoms with Gasteiger partial charge in [-0.15, -0.1) is 0 Å². The van der Waals surface area contributed by atoms with E-state index >= 15 is 0 Å². The molecule has 7 aromatic carbocycles. The van der Waals surface area contributed by atoms with E-state index < -0.39 is 16.4 Å². The lowest BCUT2D eigenvalue weighted by Gasteiger charge is -2.44. The van der Waals surface area contributed by atoms with Gasteiger partial charge in [-0.1, -0.05) is 176 Å². The van der Waals surface area contributed by atoms with Crippen molar-refractivity contribution in [2.45, 2.75) is 43.7 Å². The molecule has 2 heterocycles.